The zero-order chi connectivity index (χ0) is 14.9. The Morgan fingerprint density at radius 3 is 2.20 bits per heavy atom. The highest BCUT2D eigenvalue weighted by Crippen LogP contribution is 2.32. The van der Waals surface area contributed by atoms with Gasteiger partial charge in [0.1, 0.15) is 5.75 Å². The summed E-state index contributed by atoms with van der Waals surface area (Å²) >= 11 is 3.64. The number of ether oxygens (including phenoxy) is 1. The van der Waals surface area contributed by atoms with Crippen molar-refractivity contribution in [3.05, 3.63) is 62.6 Å². The second kappa shape index (κ2) is 5.98. The highest BCUT2D eigenvalue weighted by atomic mass is 79.9. The Balaban J connectivity index is 2.49. The number of nitrogens with two attached hydrogens (primary N) is 1. The summed E-state index contributed by atoms with van der Waals surface area (Å²) in [6, 6.07) is 10.2. The number of hydrogen-bond donors (Lipinski definition) is 1. The first-order chi connectivity index (χ1) is 9.45. The summed E-state index contributed by atoms with van der Waals surface area (Å²) in [5.41, 5.74) is 12.1. The van der Waals surface area contributed by atoms with Gasteiger partial charge in [0.15, 0.2) is 0 Å². The van der Waals surface area contributed by atoms with E-state index in [2.05, 4.69) is 47.1 Å². The molecule has 0 aliphatic heterocycles. The molecule has 2 aromatic rings. The predicted molar refractivity (Wildman–Crippen MR) is 87.4 cm³/mol. The molecule has 0 saturated carbocycles. The second-order valence-electron chi connectivity index (χ2n) is 5.14. The Morgan fingerprint density at radius 1 is 1.05 bits per heavy atom. The molecular formula is C17H20BrNO. The fourth-order valence-electron chi connectivity index (χ4n) is 2.58. The van der Waals surface area contributed by atoms with Gasteiger partial charge in [-0.3, -0.25) is 0 Å². The van der Waals surface area contributed by atoms with Crippen molar-refractivity contribution in [1.82, 2.24) is 0 Å². The van der Waals surface area contributed by atoms with Crippen LogP contribution in [0.3, 0.4) is 0 Å². The molecule has 2 aromatic carbocycles. The lowest BCUT2D eigenvalue weighted by molar-refractivity contribution is 0.408. The van der Waals surface area contributed by atoms with Crippen molar-refractivity contribution in [2.45, 2.75) is 26.8 Å². The van der Waals surface area contributed by atoms with Gasteiger partial charge < -0.3 is 10.5 Å². The number of hydrogen-bond acceptors (Lipinski definition) is 2. The van der Waals surface area contributed by atoms with Gasteiger partial charge in [-0.2, -0.15) is 0 Å². The van der Waals surface area contributed by atoms with E-state index >= 15 is 0 Å². The third kappa shape index (κ3) is 2.74. The normalized spacial score (nSPS) is 12.3. The minimum absolute atomic E-state index is 0.146. The molecule has 0 amide bonds. The standard InChI is InChI=1S/C17H20BrNO/c1-10-6-5-7-14(15(10)18)16(19)13-8-11(2)17(20-4)12(3)9-13/h5-9,16H,19H2,1-4H3. The maximum Gasteiger partial charge on any atom is 0.124 e. The molecule has 0 aliphatic carbocycles. The van der Waals surface area contributed by atoms with Crippen molar-refractivity contribution in [2.75, 3.05) is 7.11 Å². The Hall–Kier alpha value is -1.32. The first kappa shape index (κ1) is 15.1. The maximum absolute atomic E-state index is 6.44. The molecule has 0 aliphatic rings. The lowest BCUT2D eigenvalue weighted by Crippen LogP contribution is -2.13. The smallest absolute Gasteiger partial charge is 0.124 e. The monoisotopic (exact) mass is 333 g/mol. The topological polar surface area (TPSA) is 35.2 Å². The van der Waals surface area contributed by atoms with Crippen molar-refractivity contribution in [1.29, 1.82) is 0 Å². The van der Waals surface area contributed by atoms with Crippen LogP contribution in [-0.4, -0.2) is 7.11 Å². The van der Waals surface area contributed by atoms with Gasteiger partial charge in [0.25, 0.3) is 0 Å². The zero-order valence-electron chi connectivity index (χ0n) is 12.3. The quantitative estimate of drug-likeness (QED) is 0.901. The first-order valence-corrected chi connectivity index (χ1v) is 7.40. The van der Waals surface area contributed by atoms with Gasteiger partial charge in [-0.1, -0.05) is 46.3 Å². The summed E-state index contributed by atoms with van der Waals surface area (Å²) < 4.78 is 6.49. The van der Waals surface area contributed by atoms with E-state index in [4.69, 9.17) is 10.5 Å². The van der Waals surface area contributed by atoms with Gasteiger partial charge in [-0.15, -0.1) is 0 Å². The summed E-state index contributed by atoms with van der Waals surface area (Å²) in [6.07, 6.45) is 0. The van der Waals surface area contributed by atoms with Crippen LogP contribution in [0.5, 0.6) is 5.75 Å². The molecule has 0 radical (unpaired) electrons. The van der Waals surface area contributed by atoms with Gasteiger partial charge in [-0.05, 0) is 48.6 Å². The molecule has 3 heteroatoms. The van der Waals surface area contributed by atoms with Crippen LogP contribution in [0.15, 0.2) is 34.8 Å². The van der Waals surface area contributed by atoms with Crippen LogP contribution in [-0.2, 0) is 0 Å². The van der Waals surface area contributed by atoms with Crippen LogP contribution in [0.1, 0.15) is 33.9 Å². The first-order valence-electron chi connectivity index (χ1n) is 6.61. The predicted octanol–water partition coefficient (Wildman–Crippen LogP) is 4.43. The zero-order valence-corrected chi connectivity index (χ0v) is 13.9. The largest absolute Gasteiger partial charge is 0.496 e. The second-order valence-corrected chi connectivity index (χ2v) is 5.94. The molecule has 20 heavy (non-hydrogen) atoms. The van der Waals surface area contributed by atoms with Crippen LogP contribution >= 0.6 is 15.9 Å². The van der Waals surface area contributed by atoms with Gasteiger partial charge in [-0.25, -0.2) is 0 Å². The summed E-state index contributed by atoms with van der Waals surface area (Å²) in [4.78, 5) is 0. The molecular weight excluding hydrogens is 314 g/mol. The molecule has 0 spiro atoms. The van der Waals surface area contributed by atoms with Crippen LogP contribution < -0.4 is 10.5 Å². The lowest BCUT2D eigenvalue weighted by Gasteiger charge is -2.18. The van der Waals surface area contributed by atoms with Gasteiger partial charge in [0.05, 0.1) is 13.2 Å². The van der Waals surface area contributed by atoms with E-state index in [0.717, 1.165) is 32.5 Å². The highest BCUT2D eigenvalue weighted by Gasteiger charge is 2.15. The summed E-state index contributed by atoms with van der Waals surface area (Å²) in [5.74, 6) is 0.934. The van der Waals surface area contributed by atoms with Crippen LogP contribution in [0.25, 0.3) is 0 Å². The molecule has 106 valence electrons. The van der Waals surface area contributed by atoms with Crippen LogP contribution in [0.4, 0.5) is 0 Å². The molecule has 1 atom stereocenters. The summed E-state index contributed by atoms with van der Waals surface area (Å²) in [7, 11) is 1.70. The van der Waals surface area contributed by atoms with Crippen molar-refractivity contribution in [3.8, 4) is 5.75 Å². The molecule has 0 bridgehead atoms. The molecule has 0 heterocycles. The Labute approximate surface area is 129 Å². The van der Waals surface area contributed by atoms with E-state index in [-0.39, 0.29) is 6.04 Å². The SMILES string of the molecule is COc1c(C)cc(C(N)c2cccc(C)c2Br)cc1C. The van der Waals surface area contributed by atoms with Crippen LogP contribution in [0.2, 0.25) is 0 Å². The Morgan fingerprint density at radius 2 is 1.65 bits per heavy atom. The molecule has 2 rings (SSSR count). The van der Waals surface area contributed by atoms with Gasteiger partial charge >= 0.3 is 0 Å². The lowest BCUT2D eigenvalue weighted by atomic mass is 9.95. The maximum atomic E-state index is 6.44. The summed E-state index contributed by atoms with van der Waals surface area (Å²) in [5, 5.41) is 0. The van der Waals surface area contributed by atoms with Crippen molar-refractivity contribution < 1.29 is 4.74 Å². The number of rotatable bonds is 3. The third-order valence-electron chi connectivity index (χ3n) is 3.60. The average Bonchev–Trinajstić information content (AvgIpc) is 2.41. The number of aryl methyl sites for hydroxylation is 3. The van der Waals surface area contributed by atoms with Crippen molar-refractivity contribution in [3.63, 3.8) is 0 Å². The Bertz CT molecular complexity index is 614. The van der Waals surface area contributed by atoms with Gasteiger partial charge in [0.2, 0.25) is 0 Å². The molecule has 2 N–H and O–H groups in total. The summed E-state index contributed by atoms with van der Waals surface area (Å²) in [6.45, 7) is 6.17. The van der Waals surface area contributed by atoms with Gasteiger partial charge in [0, 0.05) is 4.47 Å². The van der Waals surface area contributed by atoms with E-state index in [1.54, 1.807) is 7.11 Å². The van der Waals surface area contributed by atoms with E-state index in [1.807, 2.05) is 19.9 Å². The highest BCUT2D eigenvalue weighted by molar-refractivity contribution is 9.10. The van der Waals surface area contributed by atoms with E-state index in [1.165, 1.54) is 5.56 Å². The number of benzene rings is 2. The van der Waals surface area contributed by atoms with Crippen molar-refractivity contribution >= 4 is 15.9 Å². The number of methoxy groups -OCH3 is 1. The number of halogens is 1. The minimum Gasteiger partial charge on any atom is -0.496 e. The molecule has 1 unspecified atom stereocenters. The molecule has 0 aromatic heterocycles. The van der Waals surface area contributed by atoms with Crippen molar-refractivity contribution in [2.24, 2.45) is 5.73 Å². The van der Waals surface area contributed by atoms with E-state index in [0.29, 0.717) is 0 Å². The molecule has 2 nitrogen and oxygen atoms in total. The average molecular weight is 334 g/mol. The fourth-order valence-corrected chi connectivity index (χ4v) is 3.09. The fraction of sp³-hybridized carbons (Fsp3) is 0.294. The van der Waals surface area contributed by atoms with E-state index in [9.17, 15) is 0 Å². The minimum atomic E-state index is -0.146. The Kier molecular flexibility index (Phi) is 4.51. The van der Waals surface area contributed by atoms with E-state index < -0.39 is 0 Å². The molecule has 0 saturated heterocycles. The third-order valence-corrected chi connectivity index (χ3v) is 4.69. The van der Waals surface area contributed by atoms with Crippen LogP contribution in [0, 0.1) is 20.8 Å². The molecule has 0 fully saturated rings.